The second-order valence-corrected chi connectivity index (χ2v) is 3.87. The van der Waals surface area contributed by atoms with Gasteiger partial charge in [0.2, 0.25) is 0 Å². The van der Waals surface area contributed by atoms with Crippen LogP contribution in [0.1, 0.15) is 20.3 Å². The molecule has 0 amide bonds. The van der Waals surface area contributed by atoms with Gasteiger partial charge in [-0.05, 0) is 26.0 Å². The summed E-state index contributed by atoms with van der Waals surface area (Å²) in [6.45, 7) is 4.97. The van der Waals surface area contributed by atoms with E-state index in [1.54, 1.807) is 6.92 Å². The molecule has 4 heteroatoms. The monoisotopic (exact) mass is 249 g/mol. The minimum absolute atomic E-state index is 0.126. The number of ketones is 1. The van der Waals surface area contributed by atoms with E-state index in [2.05, 4.69) is 0 Å². The van der Waals surface area contributed by atoms with E-state index in [0.29, 0.717) is 6.61 Å². The summed E-state index contributed by atoms with van der Waals surface area (Å²) in [6.07, 6.45) is -0.156. The van der Waals surface area contributed by atoms with Crippen molar-refractivity contribution in [3.8, 4) is 0 Å². The van der Waals surface area contributed by atoms with Crippen molar-refractivity contribution >= 4 is 17.4 Å². The SMILES string of the molecule is CCOC(=O)CC(=O)CN(CC)c1ccccc1. The van der Waals surface area contributed by atoms with Crippen LogP contribution < -0.4 is 4.90 Å². The number of carbonyl (C=O) groups is 2. The molecule has 1 aromatic rings. The van der Waals surface area contributed by atoms with Crippen LogP contribution in [0.25, 0.3) is 0 Å². The Hall–Kier alpha value is -1.84. The molecule has 0 spiro atoms. The second kappa shape index (κ2) is 7.48. The van der Waals surface area contributed by atoms with Crippen molar-refractivity contribution in [3.63, 3.8) is 0 Å². The van der Waals surface area contributed by atoms with E-state index in [4.69, 9.17) is 4.74 Å². The van der Waals surface area contributed by atoms with Gasteiger partial charge in [-0.1, -0.05) is 18.2 Å². The predicted octanol–water partition coefficient (Wildman–Crippen LogP) is 2.04. The summed E-state index contributed by atoms with van der Waals surface area (Å²) in [5, 5.41) is 0. The van der Waals surface area contributed by atoms with E-state index >= 15 is 0 Å². The molecule has 0 aliphatic heterocycles. The summed E-state index contributed by atoms with van der Waals surface area (Å²) in [5.74, 6) is -0.578. The number of carbonyl (C=O) groups excluding carboxylic acids is 2. The number of rotatable bonds is 7. The number of hydrogen-bond acceptors (Lipinski definition) is 4. The molecular formula is C14H19NO3. The van der Waals surface area contributed by atoms with Crippen molar-refractivity contribution in [1.29, 1.82) is 0 Å². The molecule has 98 valence electrons. The molecule has 4 nitrogen and oxygen atoms in total. The largest absolute Gasteiger partial charge is 0.466 e. The highest BCUT2D eigenvalue weighted by Gasteiger charge is 2.14. The van der Waals surface area contributed by atoms with E-state index in [0.717, 1.165) is 12.2 Å². The van der Waals surface area contributed by atoms with Crippen LogP contribution in [-0.4, -0.2) is 31.4 Å². The van der Waals surface area contributed by atoms with Gasteiger partial charge >= 0.3 is 5.97 Å². The summed E-state index contributed by atoms with van der Waals surface area (Å²) >= 11 is 0. The molecular weight excluding hydrogens is 230 g/mol. The predicted molar refractivity (Wildman–Crippen MR) is 70.6 cm³/mol. The van der Waals surface area contributed by atoms with E-state index < -0.39 is 5.97 Å². The Labute approximate surface area is 108 Å². The Morgan fingerprint density at radius 3 is 2.39 bits per heavy atom. The first-order valence-electron chi connectivity index (χ1n) is 6.14. The van der Waals surface area contributed by atoms with Gasteiger partial charge in [0.15, 0.2) is 5.78 Å². The Morgan fingerprint density at radius 2 is 1.83 bits per heavy atom. The highest BCUT2D eigenvalue weighted by molar-refractivity contribution is 5.97. The molecule has 0 radical (unpaired) electrons. The molecule has 0 saturated carbocycles. The minimum atomic E-state index is -0.452. The Bertz CT molecular complexity index is 389. The van der Waals surface area contributed by atoms with Crippen LogP contribution in [0.4, 0.5) is 5.69 Å². The van der Waals surface area contributed by atoms with Gasteiger partial charge in [0.1, 0.15) is 6.42 Å². The minimum Gasteiger partial charge on any atom is -0.466 e. The van der Waals surface area contributed by atoms with Gasteiger partial charge in [-0.3, -0.25) is 9.59 Å². The molecule has 0 fully saturated rings. The van der Waals surface area contributed by atoms with Crippen LogP contribution in [0.3, 0.4) is 0 Å². The van der Waals surface area contributed by atoms with Crippen molar-refractivity contribution < 1.29 is 14.3 Å². The average Bonchev–Trinajstić information content (AvgIpc) is 2.37. The van der Waals surface area contributed by atoms with Gasteiger partial charge < -0.3 is 9.64 Å². The Balaban J connectivity index is 2.54. The number of nitrogens with zero attached hydrogens (tertiary/aromatic N) is 1. The van der Waals surface area contributed by atoms with Gasteiger partial charge in [0, 0.05) is 12.2 Å². The molecule has 0 atom stereocenters. The van der Waals surface area contributed by atoms with E-state index in [1.807, 2.05) is 42.2 Å². The summed E-state index contributed by atoms with van der Waals surface area (Å²) < 4.78 is 4.76. The van der Waals surface area contributed by atoms with Crippen molar-refractivity contribution in [1.82, 2.24) is 0 Å². The van der Waals surface area contributed by atoms with Crippen LogP contribution in [0.2, 0.25) is 0 Å². The molecule has 1 rings (SSSR count). The lowest BCUT2D eigenvalue weighted by atomic mass is 10.2. The highest BCUT2D eigenvalue weighted by atomic mass is 16.5. The fourth-order valence-corrected chi connectivity index (χ4v) is 1.67. The highest BCUT2D eigenvalue weighted by Crippen LogP contribution is 2.12. The third-order valence-electron chi connectivity index (χ3n) is 2.52. The summed E-state index contributed by atoms with van der Waals surface area (Å²) in [5.41, 5.74) is 0.984. The maximum atomic E-state index is 11.7. The van der Waals surface area contributed by atoms with E-state index in [9.17, 15) is 9.59 Å². The number of benzene rings is 1. The molecule has 0 aliphatic rings. The number of esters is 1. The molecule has 0 aliphatic carbocycles. The number of ether oxygens (including phenoxy) is 1. The second-order valence-electron chi connectivity index (χ2n) is 3.87. The van der Waals surface area contributed by atoms with Gasteiger partial charge in [0.25, 0.3) is 0 Å². The van der Waals surface area contributed by atoms with Crippen LogP contribution in [0.15, 0.2) is 30.3 Å². The van der Waals surface area contributed by atoms with Crippen LogP contribution in [-0.2, 0) is 14.3 Å². The smallest absolute Gasteiger partial charge is 0.313 e. The van der Waals surface area contributed by atoms with Gasteiger partial charge in [0.05, 0.1) is 13.2 Å². The first-order valence-corrected chi connectivity index (χ1v) is 6.14. The van der Waals surface area contributed by atoms with Crippen LogP contribution in [0, 0.1) is 0 Å². The number of hydrogen-bond donors (Lipinski definition) is 0. The molecule has 0 N–H and O–H groups in total. The molecule has 18 heavy (non-hydrogen) atoms. The summed E-state index contributed by atoms with van der Waals surface area (Å²) in [4.78, 5) is 24.9. The van der Waals surface area contributed by atoms with Crippen molar-refractivity contribution in [2.45, 2.75) is 20.3 Å². The zero-order chi connectivity index (χ0) is 13.4. The van der Waals surface area contributed by atoms with E-state index in [-0.39, 0.29) is 18.7 Å². The third-order valence-corrected chi connectivity index (χ3v) is 2.52. The molecule has 0 aromatic heterocycles. The summed E-state index contributed by atoms with van der Waals surface area (Å²) in [7, 11) is 0. The van der Waals surface area contributed by atoms with Gasteiger partial charge in [-0.15, -0.1) is 0 Å². The van der Waals surface area contributed by atoms with Crippen molar-refractivity contribution in [3.05, 3.63) is 30.3 Å². The number of anilines is 1. The number of Topliss-reactive ketones (excluding diaryl/α,β-unsaturated/α-hetero) is 1. The lowest BCUT2D eigenvalue weighted by Gasteiger charge is -2.21. The van der Waals surface area contributed by atoms with Gasteiger partial charge in [-0.25, -0.2) is 0 Å². The Kier molecular flexibility index (Phi) is 5.91. The quantitative estimate of drug-likeness (QED) is 0.548. The topological polar surface area (TPSA) is 46.6 Å². The normalized spacial score (nSPS) is 9.89. The Morgan fingerprint density at radius 1 is 1.17 bits per heavy atom. The lowest BCUT2D eigenvalue weighted by molar-refractivity contribution is -0.145. The van der Waals surface area contributed by atoms with E-state index in [1.165, 1.54) is 0 Å². The zero-order valence-electron chi connectivity index (χ0n) is 10.9. The van der Waals surface area contributed by atoms with Crippen molar-refractivity contribution in [2.75, 3.05) is 24.6 Å². The molecule has 0 bridgehead atoms. The number of para-hydroxylation sites is 1. The fraction of sp³-hybridized carbons (Fsp3) is 0.429. The third kappa shape index (κ3) is 4.57. The average molecular weight is 249 g/mol. The van der Waals surface area contributed by atoms with Gasteiger partial charge in [-0.2, -0.15) is 0 Å². The first kappa shape index (κ1) is 14.2. The molecule has 1 aromatic carbocycles. The maximum Gasteiger partial charge on any atom is 0.313 e. The summed E-state index contributed by atoms with van der Waals surface area (Å²) in [6, 6.07) is 9.67. The zero-order valence-corrected chi connectivity index (χ0v) is 10.9. The molecule has 0 unspecified atom stereocenters. The van der Waals surface area contributed by atoms with Crippen molar-refractivity contribution in [2.24, 2.45) is 0 Å². The van der Waals surface area contributed by atoms with Crippen LogP contribution in [0.5, 0.6) is 0 Å². The lowest BCUT2D eigenvalue weighted by Crippen LogP contribution is -2.30. The number of likely N-dealkylation sites (N-methyl/N-ethyl adjacent to an activating group) is 1. The molecule has 0 heterocycles. The van der Waals surface area contributed by atoms with Crippen LogP contribution >= 0.6 is 0 Å². The standard InChI is InChI=1S/C14H19NO3/c1-3-15(12-8-6-5-7-9-12)11-13(16)10-14(17)18-4-2/h5-9H,3-4,10-11H2,1-2H3. The molecule has 0 saturated heterocycles. The first-order chi connectivity index (χ1) is 8.67. The maximum absolute atomic E-state index is 11.7. The fourth-order valence-electron chi connectivity index (χ4n) is 1.67.